The van der Waals surface area contributed by atoms with Crippen LogP contribution in [-0.4, -0.2) is 58.5 Å². The lowest BCUT2D eigenvalue weighted by atomic mass is 10.0. The highest BCUT2D eigenvalue weighted by atomic mass is 32.2. The number of fused-ring (bicyclic) bond motifs is 2. The van der Waals surface area contributed by atoms with Crippen LogP contribution in [0.5, 0.6) is 0 Å². The summed E-state index contributed by atoms with van der Waals surface area (Å²) in [5.41, 5.74) is 4.09. The average Bonchev–Trinajstić information content (AvgIpc) is 3.62. The van der Waals surface area contributed by atoms with E-state index >= 15 is 0 Å². The van der Waals surface area contributed by atoms with Crippen LogP contribution in [0.25, 0.3) is 16.6 Å². The first-order valence-electron chi connectivity index (χ1n) is 12.4. The molecule has 4 aromatic rings. The van der Waals surface area contributed by atoms with E-state index in [1.54, 1.807) is 27.3 Å². The second-order valence-electron chi connectivity index (χ2n) is 9.92. The molecule has 2 aliphatic heterocycles. The SMILES string of the molecule is CCCn1cc(S(=O)(=O)N2CC3CN(c4cc5cnn(-c6ccc(F)cc6)c5cc4C)C[C@@H]3C2)cn1. The van der Waals surface area contributed by atoms with E-state index in [1.165, 1.54) is 18.3 Å². The molecule has 2 atom stereocenters. The summed E-state index contributed by atoms with van der Waals surface area (Å²) in [5.74, 6) is 0.316. The van der Waals surface area contributed by atoms with Crippen molar-refractivity contribution >= 4 is 26.6 Å². The summed E-state index contributed by atoms with van der Waals surface area (Å²) in [6.07, 6.45) is 5.86. The zero-order valence-corrected chi connectivity index (χ0v) is 21.2. The first-order chi connectivity index (χ1) is 17.3. The molecule has 0 saturated carbocycles. The Morgan fingerprint density at radius 1 is 1.00 bits per heavy atom. The molecule has 2 fully saturated rings. The van der Waals surface area contributed by atoms with Crippen molar-refractivity contribution in [3.05, 3.63) is 66.4 Å². The van der Waals surface area contributed by atoms with E-state index in [-0.39, 0.29) is 10.7 Å². The van der Waals surface area contributed by atoms with Crippen molar-refractivity contribution in [2.24, 2.45) is 11.8 Å². The number of aryl methyl sites for hydroxylation is 2. The third kappa shape index (κ3) is 3.88. The van der Waals surface area contributed by atoms with E-state index in [0.29, 0.717) is 31.5 Å². The Morgan fingerprint density at radius 2 is 1.72 bits per heavy atom. The van der Waals surface area contributed by atoms with Gasteiger partial charge in [0.05, 0.1) is 23.6 Å². The standard InChI is InChI=1S/C26H29FN6O2S/c1-3-8-31-17-24(12-28-31)36(34,35)32-15-20-13-30(14-21(20)16-32)25-10-19-11-29-33(26(19)9-18(25)2)23-6-4-22(27)5-7-23/h4-7,9-12,17,20-21H,3,8,13-16H2,1-2H3/t20-,21?/m1/s1. The molecule has 0 amide bonds. The van der Waals surface area contributed by atoms with E-state index < -0.39 is 10.0 Å². The monoisotopic (exact) mass is 508 g/mol. The quantitative estimate of drug-likeness (QED) is 0.396. The molecule has 0 N–H and O–H groups in total. The minimum Gasteiger partial charge on any atom is -0.371 e. The molecule has 10 heteroatoms. The molecule has 1 unspecified atom stereocenters. The fourth-order valence-corrected chi connectivity index (χ4v) is 7.13. The number of halogens is 1. The largest absolute Gasteiger partial charge is 0.371 e. The van der Waals surface area contributed by atoms with Crippen LogP contribution in [0.15, 0.2) is 59.9 Å². The Balaban J connectivity index is 1.19. The van der Waals surface area contributed by atoms with Gasteiger partial charge in [-0.15, -0.1) is 0 Å². The summed E-state index contributed by atoms with van der Waals surface area (Å²) in [4.78, 5) is 2.66. The zero-order chi connectivity index (χ0) is 25.0. The maximum atomic E-state index is 13.4. The molecule has 0 bridgehead atoms. The molecule has 0 aliphatic carbocycles. The van der Waals surface area contributed by atoms with Crippen molar-refractivity contribution in [1.82, 2.24) is 23.9 Å². The predicted molar refractivity (Wildman–Crippen MR) is 136 cm³/mol. The Kier molecular flexibility index (Phi) is 5.60. The number of hydrogen-bond donors (Lipinski definition) is 0. The van der Waals surface area contributed by atoms with Gasteiger partial charge in [-0.05, 0) is 67.1 Å². The van der Waals surface area contributed by atoms with Crippen LogP contribution in [0.3, 0.4) is 0 Å². The van der Waals surface area contributed by atoms with Gasteiger partial charge in [-0.1, -0.05) is 6.92 Å². The number of sulfonamides is 1. The number of nitrogens with zero attached hydrogens (tertiary/aromatic N) is 6. The van der Waals surface area contributed by atoms with Gasteiger partial charge in [0, 0.05) is 50.0 Å². The van der Waals surface area contributed by atoms with E-state index in [4.69, 9.17) is 0 Å². The second-order valence-corrected chi connectivity index (χ2v) is 11.9. The Labute approximate surface area is 210 Å². The van der Waals surface area contributed by atoms with Crippen LogP contribution < -0.4 is 4.90 Å². The van der Waals surface area contributed by atoms with Crippen LogP contribution in [0.4, 0.5) is 10.1 Å². The Bertz CT molecular complexity index is 1510. The van der Waals surface area contributed by atoms with Gasteiger partial charge >= 0.3 is 0 Å². The zero-order valence-electron chi connectivity index (χ0n) is 20.4. The van der Waals surface area contributed by atoms with Gasteiger partial charge in [0.15, 0.2) is 0 Å². The molecule has 0 spiro atoms. The van der Waals surface area contributed by atoms with Crippen molar-refractivity contribution in [3.63, 3.8) is 0 Å². The molecule has 2 aromatic heterocycles. The summed E-state index contributed by atoms with van der Waals surface area (Å²) in [6.45, 7) is 7.56. The highest BCUT2D eigenvalue weighted by molar-refractivity contribution is 7.89. The molecular formula is C26H29FN6O2S. The molecular weight excluding hydrogens is 479 g/mol. The summed E-state index contributed by atoms with van der Waals surface area (Å²) < 4.78 is 44.9. The van der Waals surface area contributed by atoms with Crippen LogP contribution in [-0.2, 0) is 16.6 Å². The second kappa shape index (κ2) is 8.70. The number of rotatable bonds is 6. The number of hydrogen-bond acceptors (Lipinski definition) is 5. The van der Waals surface area contributed by atoms with Crippen molar-refractivity contribution in [1.29, 1.82) is 0 Å². The predicted octanol–water partition coefficient (Wildman–Crippen LogP) is 3.84. The summed E-state index contributed by atoms with van der Waals surface area (Å²) in [7, 11) is -3.53. The van der Waals surface area contributed by atoms with Gasteiger partial charge in [0.1, 0.15) is 10.7 Å². The molecule has 8 nitrogen and oxygen atoms in total. The highest BCUT2D eigenvalue weighted by Gasteiger charge is 2.44. The normalized spacial score (nSPS) is 20.5. The van der Waals surface area contributed by atoms with Crippen LogP contribution >= 0.6 is 0 Å². The highest BCUT2D eigenvalue weighted by Crippen LogP contribution is 2.38. The third-order valence-corrected chi connectivity index (χ3v) is 9.23. The van der Waals surface area contributed by atoms with Crippen LogP contribution in [0, 0.1) is 24.6 Å². The van der Waals surface area contributed by atoms with Crippen LogP contribution in [0.2, 0.25) is 0 Å². The minimum atomic E-state index is -3.53. The van der Waals surface area contributed by atoms with Gasteiger partial charge in [-0.2, -0.15) is 14.5 Å². The van der Waals surface area contributed by atoms with Crippen molar-refractivity contribution in [3.8, 4) is 5.69 Å². The number of anilines is 1. The average molecular weight is 509 g/mol. The van der Waals surface area contributed by atoms with Gasteiger partial charge < -0.3 is 4.90 Å². The lowest BCUT2D eigenvalue weighted by Gasteiger charge is -2.24. The number of aromatic nitrogens is 4. The van der Waals surface area contributed by atoms with Gasteiger partial charge in [0.2, 0.25) is 10.0 Å². The summed E-state index contributed by atoms with van der Waals surface area (Å²) in [6, 6.07) is 10.6. The summed E-state index contributed by atoms with van der Waals surface area (Å²) >= 11 is 0. The maximum absolute atomic E-state index is 13.4. The molecule has 6 rings (SSSR count). The molecule has 0 radical (unpaired) electrons. The van der Waals surface area contributed by atoms with Crippen molar-refractivity contribution < 1.29 is 12.8 Å². The fraction of sp³-hybridized carbons (Fsp3) is 0.385. The topological polar surface area (TPSA) is 76.3 Å². The van der Waals surface area contributed by atoms with E-state index in [1.807, 2.05) is 17.8 Å². The molecule has 4 heterocycles. The van der Waals surface area contributed by atoms with E-state index in [2.05, 4.69) is 34.2 Å². The third-order valence-electron chi connectivity index (χ3n) is 7.45. The van der Waals surface area contributed by atoms with Gasteiger partial charge in [-0.25, -0.2) is 17.5 Å². The molecule has 188 valence electrons. The van der Waals surface area contributed by atoms with Crippen LogP contribution in [0.1, 0.15) is 18.9 Å². The molecule has 2 aliphatic rings. The van der Waals surface area contributed by atoms with Gasteiger partial charge in [0.25, 0.3) is 0 Å². The maximum Gasteiger partial charge on any atom is 0.246 e. The molecule has 2 saturated heterocycles. The molecule has 36 heavy (non-hydrogen) atoms. The Hall–Kier alpha value is -3.24. The summed E-state index contributed by atoms with van der Waals surface area (Å²) in [5, 5.41) is 9.76. The Morgan fingerprint density at radius 3 is 2.42 bits per heavy atom. The van der Waals surface area contributed by atoms with E-state index in [9.17, 15) is 12.8 Å². The first kappa shape index (κ1) is 23.2. The minimum absolute atomic E-state index is 0.272. The number of benzene rings is 2. The smallest absolute Gasteiger partial charge is 0.246 e. The van der Waals surface area contributed by atoms with Crippen molar-refractivity contribution in [2.45, 2.75) is 31.7 Å². The molecule has 2 aromatic carbocycles. The lowest BCUT2D eigenvalue weighted by Crippen LogP contribution is -2.33. The van der Waals surface area contributed by atoms with Crippen molar-refractivity contribution in [2.75, 3.05) is 31.1 Å². The fourth-order valence-electron chi connectivity index (χ4n) is 5.62. The first-order valence-corrected chi connectivity index (χ1v) is 13.8. The van der Waals surface area contributed by atoms with E-state index in [0.717, 1.165) is 47.4 Å². The van der Waals surface area contributed by atoms with Gasteiger partial charge in [-0.3, -0.25) is 4.68 Å². The lowest BCUT2D eigenvalue weighted by molar-refractivity contribution is 0.453.